The molecule has 3 N–H and O–H groups in total. The van der Waals surface area contributed by atoms with E-state index in [0.29, 0.717) is 23.7 Å². The fourth-order valence-electron chi connectivity index (χ4n) is 1.37. The Bertz CT molecular complexity index is 535. The van der Waals surface area contributed by atoms with Crippen LogP contribution in [0.5, 0.6) is 5.75 Å². The minimum atomic E-state index is -3.17. The molecule has 0 spiro atoms. The van der Waals surface area contributed by atoms with Crippen molar-refractivity contribution in [3.05, 3.63) is 27.7 Å². The molecule has 0 aliphatic rings. The fourth-order valence-corrected chi connectivity index (χ4v) is 2.53. The van der Waals surface area contributed by atoms with Gasteiger partial charge in [0.25, 0.3) is 0 Å². The molecular weight excluding hydrogens is 311 g/mol. The number of halogens is 2. The van der Waals surface area contributed by atoms with Crippen LogP contribution in [-0.4, -0.2) is 32.4 Å². The van der Waals surface area contributed by atoms with Crippen LogP contribution in [0, 0.1) is 0 Å². The van der Waals surface area contributed by atoms with Gasteiger partial charge in [0.2, 0.25) is 10.0 Å². The molecule has 0 heterocycles. The van der Waals surface area contributed by atoms with Crippen LogP contribution in [0.2, 0.25) is 10.0 Å². The van der Waals surface area contributed by atoms with Crippen LogP contribution in [0.25, 0.3) is 0 Å². The Hall–Kier alpha value is -0.530. The Morgan fingerprint density at radius 3 is 2.58 bits per heavy atom. The molecule has 0 saturated carbocycles. The van der Waals surface area contributed by atoms with Gasteiger partial charge in [0, 0.05) is 30.2 Å². The lowest BCUT2D eigenvalue weighted by molar-refractivity contribution is 0.464. The minimum absolute atomic E-state index is 0.0206. The van der Waals surface area contributed by atoms with Gasteiger partial charge in [-0.3, -0.25) is 0 Å². The molecule has 108 valence electrons. The molecule has 19 heavy (non-hydrogen) atoms. The SMILES string of the molecule is CCS(=O)(=O)NCCNCc1cc(Cl)cc(Cl)c1O. The van der Waals surface area contributed by atoms with Crippen LogP contribution in [0.3, 0.4) is 0 Å². The molecule has 1 rings (SSSR count). The molecule has 0 aliphatic heterocycles. The second-order valence-electron chi connectivity index (χ2n) is 3.87. The van der Waals surface area contributed by atoms with Crippen LogP contribution in [0.4, 0.5) is 0 Å². The average Bonchev–Trinajstić information content (AvgIpc) is 2.34. The number of sulfonamides is 1. The normalized spacial score (nSPS) is 11.7. The van der Waals surface area contributed by atoms with Crippen molar-refractivity contribution in [1.82, 2.24) is 10.0 Å². The van der Waals surface area contributed by atoms with Gasteiger partial charge in [0.05, 0.1) is 10.8 Å². The maximum Gasteiger partial charge on any atom is 0.211 e. The number of rotatable bonds is 7. The maximum atomic E-state index is 11.2. The predicted molar refractivity (Wildman–Crippen MR) is 77.3 cm³/mol. The van der Waals surface area contributed by atoms with Gasteiger partial charge in [-0.05, 0) is 19.1 Å². The van der Waals surface area contributed by atoms with Gasteiger partial charge in [-0.2, -0.15) is 0 Å². The van der Waals surface area contributed by atoms with Crippen LogP contribution < -0.4 is 10.0 Å². The number of nitrogens with one attached hydrogen (secondary N) is 2. The molecule has 0 saturated heterocycles. The second-order valence-corrected chi connectivity index (χ2v) is 6.81. The van der Waals surface area contributed by atoms with Crippen molar-refractivity contribution in [1.29, 1.82) is 0 Å². The van der Waals surface area contributed by atoms with Gasteiger partial charge in [-0.25, -0.2) is 13.1 Å². The number of hydrogen-bond donors (Lipinski definition) is 3. The van der Waals surface area contributed by atoms with E-state index in [0.717, 1.165) is 0 Å². The van der Waals surface area contributed by atoms with E-state index in [-0.39, 0.29) is 23.1 Å². The Balaban J connectivity index is 2.42. The van der Waals surface area contributed by atoms with Gasteiger partial charge >= 0.3 is 0 Å². The molecule has 0 aromatic heterocycles. The summed E-state index contributed by atoms with van der Waals surface area (Å²) in [6.07, 6.45) is 0. The molecule has 0 bridgehead atoms. The molecule has 0 amide bonds. The van der Waals surface area contributed by atoms with Gasteiger partial charge in [0.1, 0.15) is 5.75 Å². The lowest BCUT2D eigenvalue weighted by atomic mass is 10.2. The summed E-state index contributed by atoms with van der Waals surface area (Å²) in [5.41, 5.74) is 0.566. The Labute approximate surface area is 123 Å². The van der Waals surface area contributed by atoms with Crippen molar-refractivity contribution in [3.63, 3.8) is 0 Å². The molecule has 8 heteroatoms. The van der Waals surface area contributed by atoms with Crippen molar-refractivity contribution < 1.29 is 13.5 Å². The largest absolute Gasteiger partial charge is 0.506 e. The van der Waals surface area contributed by atoms with E-state index < -0.39 is 10.0 Å². The number of aromatic hydroxyl groups is 1. The zero-order valence-electron chi connectivity index (χ0n) is 10.4. The highest BCUT2D eigenvalue weighted by atomic mass is 35.5. The van der Waals surface area contributed by atoms with Crippen molar-refractivity contribution in [2.45, 2.75) is 13.5 Å². The minimum Gasteiger partial charge on any atom is -0.506 e. The summed E-state index contributed by atoms with van der Waals surface area (Å²) in [5.74, 6) is 0.0326. The highest BCUT2D eigenvalue weighted by Gasteiger charge is 2.08. The van der Waals surface area contributed by atoms with Crippen LogP contribution >= 0.6 is 23.2 Å². The molecule has 1 aromatic rings. The summed E-state index contributed by atoms with van der Waals surface area (Å²) < 4.78 is 24.8. The first-order chi connectivity index (χ1) is 8.85. The average molecular weight is 327 g/mol. The second kappa shape index (κ2) is 7.31. The zero-order chi connectivity index (χ0) is 14.5. The Morgan fingerprint density at radius 2 is 1.95 bits per heavy atom. The van der Waals surface area contributed by atoms with E-state index in [2.05, 4.69) is 10.0 Å². The standard InChI is InChI=1S/C11H16Cl2N2O3S/c1-2-19(17,18)15-4-3-14-7-8-5-9(12)6-10(13)11(8)16/h5-6,14-16H,2-4,7H2,1H3. The quantitative estimate of drug-likeness (QED) is 0.667. The fraction of sp³-hybridized carbons (Fsp3) is 0.455. The lowest BCUT2D eigenvalue weighted by Gasteiger charge is -2.09. The monoisotopic (exact) mass is 326 g/mol. The van der Waals surface area contributed by atoms with Crippen LogP contribution in [0.15, 0.2) is 12.1 Å². The van der Waals surface area contributed by atoms with Gasteiger partial charge in [0.15, 0.2) is 0 Å². The third-order valence-corrected chi connectivity index (χ3v) is 4.34. The molecule has 5 nitrogen and oxygen atoms in total. The van der Waals surface area contributed by atoms with E-state index >= 15 is 0 Å². The van der Waals surface area contributed by atoms with Gasteiger partial charge in [-0.15, -0.1) is 0 Å². The van der Waals surface area contributed by atoms with Crippen molar-refractivity contribution >= 4 is 33.2 Å². The van der Waals surface area contributed by atoms with E-state index in [9.17, 15) is 13.5 Å². The van der Waals surface area contributed by atoms with E-state index in [1.807, 2.05) is 0 Å². The van der Waals surface area contributed by atoms with Crippen molar-refractivity contribution in [2.75, 3.05) is 18.8 Å². The highest BCUT2D eigenvalue weighted by Crippen LogP contribution is 2.30. The Morgan fingerprint density at radius 1 is 1.26 bits per heavy atom. The smallest absolute Gasteiger partial charge is 0.211 e. The molecule has 0 atom stereocenters. The molecule has 0 fully saturated rings. The lowest BCUT2D eigenvalue weighted by Crippen LogP contribution is -2.32. The van der Waals surface area contributed by atoms with Crippen LogP contribution in [-0.2, 0) is 16.6 Å². The summed E-state index contributed by atoms with van der Waals surface area (Å²) >= 11 is 11.6. The first-order valence-electron chi connectivity index (χ1n) is 5.70. The number of benzene rings is 1. The van der Waals surface area contributed by atoms with E-state index in [1.54, 1.807) is 13.0 Å². The number of phenols is 1. The van der Waals surface area contributed by atoms with Gasteiger partial charge in [-0.1, -0.05) is 23.2 Å². The topological polar surface area (TPSA) is 78.4 Å². The van der Waals surface area contributed by atoms with Crippen LogP contribution in [0.1, 0.15) is 12.5 Å². The summed E-state index contributed by atoms with van der Waals surface area (Å²) in [5, 5.41) is 13.3. The Kier molecular flexibility index (Phi) is 6.35. The summed E-state index contributed by atoms with van der Waals surface area (Å²) in [4.78, 5) is 0. The number of phenolic OH excluding ortho intramolecular Hbond substituents is 1. The van der Waals surface area contributed by atoms with E-state index in [1.165, 1.54) is 6.07 Å². The van der Waals surface area contributed by atoms with Crippen molar-refractivity contribution in [2.24, 2.45) is 0 Å². The number of hydrogen-bond acceptors (Lipinski definition) is 4. The summed E-state index contributed by atoms with van der Waals surface area (Å²) in [6.45, 7) is 2.63. The summed E-state index contributed by atoms with van der Waals surface area (Å²) in [6, 6.07) is 3.06. The maximum absolute atomic E-state index is 11.2. The first kappa shape index (κ1) is 16.5. The zero-order valence-corrected chi connectivity index (χ0v) is 12.7. The third kappa shape index (κ3) is 5.54. The van der Waals surface area contributed by atoms with E-state index in [4.69, 9.17) is 23.2 Å². The van der Waals surface area contributed by atoms with Crippen molar-refractivity contribution in [3.8, 4) is 5.75 Å². The van der Waals surface area contributed by atoms with Gasteiger partial charge < -0.3 is 10.4 Å². The first-order valence-corrected chi connectivity index (χ1v) is 8.11. The molecular formula is C11H16Cl2N2O3S. The molecule has 0 aliphatic carbocycles. The molecule has 0 radical (unpaired) electrons. The predicted octanol–water partition coefficient (Wildman–Crippen LogP) is 1.73. The highest BCUT2D eigenvalue weighted by molar-refractivity contribution is 7.89. The molecule has 1 aromatic carbocycles. The third-order valence-electron chi connectivity index (χ3n) is 2.43. The molecule has 0 unspecified atom stereocenters. The summed E-state index contributed by atoms with van der Waals surface area (Å²) in [7, 11) is -3.17.